The zero-order chi connectivity index (χ0) is 9.84. The number of nitro groups is 1. The summed E-state index contributed by atoms with van der Waals surface area (Å²) < 4.78 is 0. The molecule has 1 atom stereocenters. The van der Waals surface area contributed by atoms with E-state index in [1.54, 1.807) is 12.1 Å². The third-order valence-corrected chi connectivity index (χ3v) is 1.95. The predicted octanol–water partition coefficient (Wildman–Crippen LogP) is 2.43. The molecule has 4 nitrogen and oxygen atoms in total. The summed E-state index contributed by atoms with van der Waals surface area (Å²) in [5.41, 5.74) is 6.66. The van der Waals surface area contributed by atoms with Gasteiger partial charge in [-0.2, -0.15) is 0 Å². The molecule has 0 spiro atoms. The van der Waals surface area contributed by atoms with E-state index in [2.05, 4.69) is 0 Å². The standard InChI is InChI=1S/C9H12N2O2.ClH/c1-2-9(10)7-4-3-5-8(6-7)11(12)13;/h3-6,9H,2,10H2,1H3;1H/t9-;/m0./s1. The molecule has 1 rings (SSSR count). The Hall–Kier alpha value is -1.13. The number of hydrogen-bond acceptors (Lipinski definition) is 3. The van der Waals surface area contributed by atoms with Crippen molar-refractivity contribution < 1.29 is 4.92 Å². The third kappa shape index (κ3) is 2.97. The van der Waals surface area contributed by atoms with E-state index < -0.39 is 4.92 Å². The maximum atomic E-state index is 10.4. The summed E-state index contributed by atoms with van der Waals surface area (Å²) in [7, 11) is 0. The molecule has 0 aliphatic rings. The molecule has 0 heterocycles. The van der Waals surface area contributed by atoms with Gasteiger partial charge in [-0.25, -0.2) is 0 Å². The van der Waals surface area contributed by atoms with Gasteiger partial charge in [-0.1, -0.05) is 19.1 Å². The second kappa shape index (κ2) is 5.57. The third-order valence-electron chi connectivity index (χ3n) is 1.95. The average molecular weight is 217 g/mol. The van der Waals surface area contributed by atoms with E-state index in [-0.39, 0.29) is 24.1 Å². The largest absolute Gasteiger partial charge is 0.324 e. The zero-order valence-electron chi connectivity index (χ0n) is 7.84. The number of non-ortho nitro benzene ring substituents is 1. The number of benzene rings is 1. The van der Waals surface area contributed by atoms with Crippen LogP contribution in [0, 0.1) is 10.1 Å². The molecular formula is C9H13ClN2O2. The first-order chi connectivity index (χ1) is 6.15. The van der Waals surface area contributed by atoms with Crippen LogP contribution < -0.4 is 5.73 Å². The van der Waals surface area contributed by atoms with E-state index in [1.165, 1.54) is 12.1 Å². The summed E-state index contributed by atoms with van der Waals surface area (Å²) in [6.07, 6.45) is 0.779. The van der Waals surface area contributed by atoms with Gasteiger partial charge in [0.1, 0.15) is 0 Å². The lowest BCUT2D eigenvalue weighted by Crippen LogP contribution is -2.08. The highest BCUT2D eigenvalue weighted by molar-refractivity contribution is 5.85. The fraction of sp³-hybridized carbons (Fsp3) is 0.333. The van der Waals surface area contributed by atoms with Gasteiger partial charge in [0.15, 0.2) is 0 Å². The van der Waals surface area contributed by atoms with Crippen molar-refractivity contribution in [3.05, 3.63) is 39.9 Å². The number of nitrogens with two attached hydrogens (primary N) is 1. The fourth-order valence-electron chi connectivity index (χ4n) is 1.10. The second-order valence-corrected chi connectivity index (χ2v) is 2.87. The van der Waals surface area contributed by atoms with Crippen molar-refractivity contribution in [2.24, 2.45) is 5.73 Å². The van der Waals surface area contributed by atoms with E-state index in [1.807, 2.05) is 6.92 Å². The van der Waals surface area contributed by atoms with Crippen LogP contribution in [0.5, 0.6) is 0 Å². The van der Waals surface area contributed by atoms with E-state index in [9.17, 15) is 10.1 Å². The summed E-state index contributed by atoms with van der Waals surface area (Å²) in [5, 5.41) is 10.4. The van der Waals surface area contributed by atoms with Crippen LogP contribution in [0.2, 0.25) is 0 Å². The Morgan fingerprint density at radius 1 is 1.57 bits per heavy atom. The van der Waals surface area contributed by atoms with Gasteiger partial charge < -0.3 is 5.73 Å². The molecule has 78 valence electrons. The Morgan fingerprint density at radius 3 is 2.71 bits per heavy atom. The van der Waals surface area contributed by atoms with Gasteiger partial charge in [-0.3, -0.25) is 10.1 Å². The maximum Gasteiger partial charge on any atom is 0.269 e. The van der Waals surface area contributed by atoms with E-state index in [0.717, 1.165) is 12.0 Å². The molecule has 1 aromatic carbocycles. The minimum atomic E-state index is -0.411. The molecule has 0 aromatic heterocycles. The second-order valence-electron chi connectivity index (χ2n) is 2.87. The molecular weight excluding hydrogens is 204 g/mol. The van der Waals surface area contributed by atoms with Crippen molar-refractivity contribution in [2.75, 3.05) is 0 Å². The molecule has 0 aliphatic heterocycles. The van der Waals surface area contributed by atoms with Crippen molar-refractivity contribution in [3.8, 4) is 0 Å². The number of halogens is 1. The SMILES string of the molecule is CC[C@H](N)c1cccc([N+](=O)[O-])c1.Cl. The van der Waals surface area contributed by atoms with Crippen molar-refractivity contribution in [1.29, 1.82) is 0 Å². The van der Waals surface area contributed by atoms with Gasteiger partial charge in [0.2, 0.25) is 0 Å². The first-order valence-electron chi connectivity index (χ1n) is 4.15. The zero-order valence-corrected chi connectivity index (χ0v) is 8.66. The number of hydrogen-bond donors (Lipinski definition) is 1. The maximum absolute atomic E-state index is 10.4. The molecule has 0 aliphatic carbocycles. The summed E-state index contributed by atoms with van der Waals surface area (Å²) in [6, 6.07) is 6.34. The molecule has 0 amide bonds. The van der Waals surface area contributed by atoms with E-state index >= 15 is 0 Å². The molecule has 0 saturated heterocycles. The summed E-state index contributed by atoms with van der Waals surface area (Å²) >= 11 is 0. The molecule has 0 unspecified atom stereocenters. The quantitative estimate of drug-likeness (QED) is 0.623. The van der Waals surface area contributed by atoms with Gasteiger partial charge in [-0.05, 0) is 12.0 Å². The van der Waals surface area contributed by atoms with Crippen molar-refractivity contribution in [2.45, 2.75) is 19.4 Å². The van der Waals surface area contributed by atoms with Crippen LogP contribution in [-0.2, 0) is 0 Å². The van der Waals surface area contributed by atoms with Crippen molar-refractivity contribution >= 4 is 18.1 Å². The van der Waals surface area contributed by atoms with Crippen LogP contribution >= 0.6 is 12.4 Å². The van der Waals surface area contributed by atoms with Gasteiger partial charge in [0.25, 0.3) is 5.69 Å². The van der Waals surface area contributed by atoms with Crippen LogP contribution in [-0.4, -0.2) is 4.92 Å². The molecule has 0 fully saturated rings. The number of nitrogens with zero attached hydrogens (tertiary/aromatic N) is 1. The van der Waals surface area contributed by atoms with E-state index in [4.69, 9.17) is 5.73 Å². The number of nitro benzene ring substituents is 1. The lowest BCUT2D eigenvalue weighted by Gasteiger charge is -2.07. The lowest BCUT2D eigenvalue weighted by atomic mass is 10.1. The minimum absolute atomic E-state index is 0. The molecule has 0 bridgehead atoms. The number of rotatable bonds is 3. The van der Waals surface area contributed by atoms with E-state index in [0.29, 0.717) is 0 Å². The highest BCUT2D eigenvalue weighted by atomic mass is 35.5. The van der Waals surface area contributed by atoms with Crippen molar-refractivity contribution in [1.82, 2.24) is 0 Å². The smallest absolute Gasteiger partial charge is 0.269 e. The van der Waals surface area contributed by atoms with Crippen LogP contribution in [0.4, 0.5) is 5.69 Å². The normalized spacial score (nSPS) is 11.6. The van der Waals surface area contributed by atoms with Gasteiger partial charge in [-0.15, -0.1) is 12.4 Å². The van der Waals surface area contributed by atoms with Gasteiger partial charge in [0.05, 0.1) is 4.92 Å². The fourth-order valence-corrected chi connectivity index (χ4v) is 1.10. The van der Waals surface area contributed by atoms with Gasteiger partial charge in [0, 0.05) is 18.2 Å². The van der Waals surface area contributed by atoms with Crippen LogP contribution in [0.25, 0.3) is 0 Å². The Labute approximate surface area is 88.7 Å². The molecule has 0 saturated carbocycles. The monoisotopic (exact) mass is 216 g/mol. The summed E-state index contributed by atoms with van der Waals surface area (Å²) in [5.74, 6) is 0. The Kier molecular flexibility index (Phi) is 5.12. The Bertz CT molecular complexity index is 317. The first-order valence-corrected chi connectivity index (χ1v) is 4.15. The summed E-state index contributed by atoms with van der Waals surface area (Å²) in [6.45, 7) is 1.95. The van der Waals surface area contributed by atoms with Crippen molar-refractivity contribution in [3.63, 3.8) is 0 Å². The first kappa shape index (κ1) is 12.9. The highest BCUT2D eigenvalue weighted by Crippen LogP contribution is 2.19. The lowest BCUT2D eigenvalue weighted by molar-refractivity contribution is -0.384. The molecule has 1 aromatic rings. The van der Waals surface area contributed by atoms with Crippen LogP contribution in [0.3, 0.4) is 0 Å². The molecule has 14 heavy (non-hydrogen) atoms. The van der Waals surface area contributed by atoms with Gasteiger partial charge >= 0.3 is 0 Å². The highest BCUT2D eigenvalue weighted by Gasteiger charge is 2.08. The average Bonchev–Trinajstić information content (AvgIpc) is 2.17. The Balaban J connectivity index is 0.00000169. The molecule has 2 N–H and O–H groups in total. The molecule has 5 heteroatoms. The Morgan fingerprint density at radius 2 is 2.21 bits per heavy atom. The predicted molar refractivity (Wildman–Crippen MR) is 57.6 cm³/mol. The molecule has 0 radical (unpaired) electrons. The topological polar surface area (TPSA) is 69.2 Å². The summed E-state index contributed by atoms with van der Waals surface area (Å²) in [4.78, 5) is 10.0. The van der Waals surface area contributed by atoms with Crippen LogP contribution in [0.1, 0.15) is 24.9 Å². The van der Waals surface area contributed by atoms with Crippen LogP contribution in [0.15, 0.2) is 24.3 Å². The minimum Gasteiger partial charge on any atom is -0.324 e.